The van der Waals surface area contributed by atoms with E-state index >= 15 is 0 Å². The van der Waals surface area contributed by atoms with E-state index in [4.69, 9.17) is 4.42 Å². The molecule has 1 N–H and O–H groups in total. The third-order valence-electron chi connectivity index (χ3n) is 1.91. The van der Waals surface area contributed by atoms with E-state index in [2.05, 4.69) is 10.2 Å². The Hall–Kier alpha value is -1.84. The first-order valence-electron chi connectivity index (χ1n) is 4.27. The van der Waals surface area contributed by atoms with Crippen molar-refractivity contribution in [1.82, 2.24) is 10.2 Å². The molecule has 0 atom stereocenters. The number of rotatable bonds is 1. The van der Waals surface area contributed by atoms with Crippen LogP contribution in [0, 0.1) is 13.8 Å². The van der Waals surface area contributed by atoms with Crippen molar-refractivity contribution in [3.63, 3.8) is 0 Å². The molecule has 72 valence electrons. The lowest BCUT2D eigenvalue weighted by atomic mass is 10.1. The van der Waals surface area contributed by atoms with Crippen LogP contribution in [-0.4, -0.2) is 15.3 Å². The fourth-order valence-electron chi connectivity index (χ4n) is 1.23. The van der Waals surface area contributed by atoms with Crippen LogP contribution in [0.4, 0.5) is 0 Å². The predicted molar refractivity (Wildman–Crippen MR) is 50.9 cm³/mol. The Balaban J connectivity index is 2.52. The number of benzene rings is 1. The lowest BCUT2D eigenvalue weighted by molar-refractivity contribution is 0.470. The molecule has 0 saturated carbocycles. The molecule has 0 saturated heterocycles. The van der Waals surface area contributed by atoms with Gasteiger partial charge in [-0.05, 0) is 24.6 Å². The number of aromatic hydroxyl groups is 1. The third-order valence-corrected chi connectivity index (χ3v) is 1.91. The summed E-state index contributed by atoms with van der Waals surface area (Å²) in [6.45, 7) is 3.62. The zero-order valence-electron chi connectivity index (χ0n) is 7.98. The minimum Gasteiger partial charge on any atom is -0.507 e. The van der Waals surface area contributed by atoms with Gasteiger partial charge >= 0.3 is 0 Å². The lowest BCUT2D eigenvalue weighted by Gasteiger charge is -1.99. The highest BCUT2D eigenvalue weighted by Crippen LogP contribution is 2.28. The van der Waals surface area contributed by atoms with Crippen LogP contribution in [0.1, 0.15) is 11.5 Å². The largest absolute Gasteiger partial charge is 0.507 e. The summed E-state index contributed by atoms with van der Waals surface area (Å²) in [6.07, 6.45) is 0. The highest BCUT2D eigenvalue weighted by molar-refractivity contribution is 5.62. The summed E-state index contributed by atoms with van der Waals surface area (Å²) in [4.78, 5) is 0. The van der Waals surface area contributed by atoms with Crippen molar-refractivity contribution in [3.05, 3.63) is 29.7 Å². The van der Waals surface area contributed by atoms with Gasteiger partial charge in [0.1, 0.15) is 5.75 Å². The summed E-state index contributed by atoms with van der Waals surface area (Å²) in [5.41, 5.74) is 1.55. The van der Waals surface area contributed by atoms with Crippen LogP contribution in [0.3, 0.4) is 0 Å². The van der Waals surface area contributed by atoms with E-state index < -0.39 is 0 Å². The van der Waals surface area contributed by atoms with Crippen LogP contribution in [0.25, 0.3) is 11.5 Å². The van der Waals surface area contributed by atoms with Crippen LogP contribution in [-0.2, 0) is 0 Å². The number of phenolic OH excluding ortho intramolecular Hbond substituents is 1. The summed E-state index contributed by atoms with van der Waals surface area (Å²) in [5.74, 6) is 0.994. The Labute approximate surface area is 81.2 Å². The van der Waals surface area contributed by atoms with E-state index in [0.29, 0.717) is 17.3 Å². The molecule has 4 nitrogen and oxygen atoms in total. The topological polar surface area (TPSA) is 59.2 Å². The molecule has 1 heterocycles. The molecule has 0 radical (unpaired) electrons. The van der Waals surface area contributed by atoms with Gasteiger partial charge in [-0.25, -0.2) is 0 Å². The van der Waals surface area contributed by atoms with Crippen LogP contribution in [0.15, 0.2) is 22.6 Å². The Bertz CT molecular complexity index is 463. The molecule has 0 aliphatic heterocycles. The molecule has 4 heteroatoms. The Kier molecular flexibility index (Phi) is 1.96. The van der Waals surface area contributed by atoms with Gasteiger partial charge in [0.15, 0.2) is 0 Å². The van der Waals surface area contributed by atoms with Crippen molar-refractivity contribution in [1.29, 1.82) is 0 Å². The lowest BCUT2D eigenvalue weighted by Crippen LogP contribution is -1.80. The molecule has 0 aliphatic carbocycles. The Morgan fingerprint density at radius 2 is 2.00 bits per heavy atom. The number of hydrogen-bond donors (Lipinski definition) is 1. The monoisotopic (exact) mass is 190 g/mol. The first-order chi connectivity index (χ1) is 6.66. The van der Waals surface area contributed by atoms with E-state index in [1.54, 1.807) is 19.1 Å². The molecule has 1 aromatic carbocycles. The zero-order valence-corrected chi connectivity index (χ0v) is 7.98. The molecule has 0 bridgehead atoms. The van der Waals surface area contributed by atoms with Gasteiger partial charge in [0, 0.05) is 6.92 Å². The van der Waals surface area contributed by atoms with E-state index in [1.807, 2.05) is 13.0 Å². The van der Waals surface area contributed by atoms with E-state index in [1.165, 1.54) is 0 Å². The predicted octanol–water partition coefficient (Wildman–Crippen LogP) is 2.06. The standard InChI is InChI=1S/C10H10N2O2/c1-6-3-4-8(9(13)5-6)10-12-11-7(2)14-10/h3-5,13H,1-2H3. The summed E-state index contributed by atoms with van der Waals surface area (Å²) in [7, 11) is 0. The molecule has 0 fully saturated rings. The number of aromatic nitrogens is 2. The normalized spacial score (nSPS) is 10.4. The second kappa shape index (κ2) is 3.14. The quantitative estimate of drug-likeness (QED) is 0.747. The molecular weight excluding hydrogens is 180 g/mol. The maximum Gasteiger partial charge on any atom is 0.251 e. The number of aryl methyl sites for hydroxylation is 2. The molecular formula is C10H10N2O2. The minimum atomic E-state index is 0.161. The van der Waals surface area contributed by atoms with Crippen LogP contribution >= 0.6 is 0 Å². The summed E-state index contributed by atoms with van der Waals surface area (Å²) < 4.78 is 5.21. The van der Waals surface area contributed by atoms with Gasteiger partial charge < -0.3 is 9.52 Å². The van der Waals surface area contributed by atoms with Crippen LogP contribution in [0.2, 0.25) is 0 Å². The maximum atomic E-state index is 9.63. The molecule has 14 heavy (non-hydrogen) atoms. The molecule has 1 aromatic heterocycles. The highest BCUT2D eigenvalue weighted by atomic mass is 16.4. The first kappa shape index (κ1) is 8.74. The first-order valence-corrected chi connectivity index (χ1v) is 4.27. The fraction of sp³-hybridized carbons (Fsp3) is 0.200. The van der Waals surface area contributed by atoms with E-state index in [-0.39, 0.29) is 5.75 Å². The SMILES string of the molecule is Cc1ccc(-c2nnc(C)o2)c(O)c1. The van der Waals surface area contributed by atoms with Crippen molar-refractivity contribution in [2.75, 3.05) is 0 Å². The van der Waals surface area contributed by atoms with Crippen molar-refractivity contribution in [2.24, 2.45) is 0 Å². The van der Waals surface area contributed by atoms with Crippen LogP contribution in [0.5, 0.6) is 5.75 Å². The highest BCUT2D eigenvalue weighted by Gasteiger charge is 2.10. The average Bonchev–Trinajstić information content (AvgIpc) is 2.51. The van der Waals surface area contributed by atoms with E-state index in [9.17, 15) is 5.11 Å². The van der Waals surface area contributed by atoms with Gasteiger partial charge in [-0.1, -0.05) is 6.07 Å². The minimum absolute atomic E-state index is 0.161. The van der Waals surface area contributed by atoms with Crippen molar-refractivity contribution < 1.29 is 9.52 Å². The average molecular weight is 190 g/mol. The molecule has 0 amide bonds. The third kappa shape index (κ3) is 1.46. The number of hydrogen-bond acceptors (Lipinski definition) is 4. The number of phenols is 1. The molecule has 0 unspecified atom stereocenters. The molecule has 0 aliphatic rings. The second-order valence-corrected chi connectivity index (χ2v) is 3.15. The van der Waals surface area contributed by atoms with Gasteiger partial charge in [-0.15, -0.1) is 10.2 Å². The number of nitrogens with zero attached hydrogens (tertiary/aromatic N) is 2. The van der Waals surface area contributed by atoms with Gasteiger partial charge in [-0.2, -0.15) is 0 Å². The summed E-state index contributed by atoms with van der Waals surface area (Å²) in [6, 6.07) is 5.31. The maximum absolute atomic E-state index is 9.63. The fourth-order valence-corrected chi connectivity index (χ4v) is 1.23. The van der Waals surface area contributed by atoms with Gasteiger partial charge in [0.25, 0.3) is 5.89 Å². The molecule has 2 rings (SSSR count). The van der Waals surface area contributed by atoms with Gasteiger partial charge in [-0.3, -0.25) is 0 Å². The van der Waals surface area contributed by atoms with Crippen molar-refractivity contribution in [3.8, 4) is 17.2 Å². The smallest absolute Gasteiger partial charge is 0.251 e. The molecule has 2 aromatic rings. The van der Waals surface area contributed by atoms with E-state index in [0.717, 1.165) is 5.56 Å². The summed E-state index contributed by atoms with van der Waals surface area (Å²) in [5, 5.41) is 17.2. The molecule has 0 spiro atoms. The zero-order chi connectivity index (χ0) is 10.1. The Morgan fingerprint density at radius 3 is 2.57 bits per heavy atom. The second-order valence-electron chi connectivity index (χ2n) is 3.15. The van der Waals surface area contributed by atoms with Crippen LogP contribution < -0.4 is 0 Å². The van der Waals surface area contributed by atoms with Gasteiger partial charge in [0.05, 0.1) is 5.56 Å². The Morgan fingerprint density at radius 1 is 1.21 bits per heavy atom. The van der Waals surface area contributed by atoms with Crippen molar-refractivity contribution >= 4 is 0 Å². The van der Waals surface area contributed by atoms with Gasteiger partial charge in [0.2, 0.25) is 5.89 Å². The summed E-state index contributed by atoms with van der Waals surface area (Å²) >= 11 is 0. The van der Waals surface area contributed by atoms with Crippen molar-refractivity contribution in [2.45, 2.75) is 13.8 Å².